The average molecular weight is 475 g/mol. The lowest BCUT2D eigenvalue weighted by Gasteiger charge is -2.57. The van der Waals surface area contributed by atoms with Gasteiger partial charge in [-0.3, -0.25) is 9.69 Å². The van der Waals surface area contributed by atoms with Crippen molar-refractivity contribution in [1.29, 1.82) is 0 Å². The van der Waals surface area contributed by atoms with E-state index >= 15 is 0 Å². The zero-order valence-electron chi connectivity index (χ0n) is 17.8. The molecule has 3 fully saturated rings. The SMILES string of the molecule is O=C(O)CCC[C@@H]1[C@H]2CCCN3CCC[C@H](CN1S(=O)(=O)c1cccc(C(F)(F)F)c1)[C@@H]23. The van der Waals surface area contributed by atoms with Crippen molar-refractivity contribution in [1.82, 2.24) is 9.21 Å². The van der Waals surface area contributed by atoms with Crippen molar-refractivity contribution in [2.45, 2.75) is 68.1 Å². The predicted octanol–water partition coefficient (Wildman–Crippen LogP) is 3.82. The highest BCUT2D eigenvalue weighted by atomic mass is 32.2. The molecule has 3 aliphatic heterocycles. The minimum Gasteiger partial charge on any atom is -0.481 e. The molecule has 1 N–H and O–H groups in total. The van der Waals surface area contributed by atoms with E-state index in [1.165, 1.54) is 10.4 Å². The van der Waals surface area contributed by atoms with Crippen LogP contribution in [0.15, 0.2) is 29.2 Å². The van der Waals surface area contributed by atoms with Gasteiger partial charge in [0.25, 0.3) is 0 Å². The number of carbonyl (C=O) groups is 1. The first-order chi connectivity index (χ1) is 15.1. The molecule has 0 spiro atoms. The van der Waals surface area contributed by atoms with Gasteiger partial charge in [-0.05, 0) is 81.6 Å². The van der Waals surface area contributed by atoms with E-state index in [1.54, 1.807) is 0 Å². The van der Waals surface area contributed by atoms with Gasteiger partial charge in [0.15, 0.2) is 0 Å². The second-order valence-corrected chi connectivity index (χ2v) is 11.1. The number of nitrogens with zero attached hydrogens (tertiary/aromatic N) is 2. The summed E-state index contributed by atoms with van der Waals surface area (Å²) >= 11 is 0. The molecule has 0 aliphatic carbocycles. The number of alkyl halides is 3. The predicted molar refractivity (Wildman–Crippen MR) is 111 cm³/mol. The van der Waals surface area contributed by atoms with Crippen LogP contribution in [0.1, 0.15) is 50.5 Å². The average Bonchev–Trinajstić information content (AvgIpc) is 2.74. The van der Waals surface area contributed by atoms with Crippen LogP contribution in [-0.4, -0.2) is 60.4 Å². The number of carboxylic acids is 1. The Bertz CT molecular complexity index is 951. The molecular formula is C22H29F3N2O4S. The molecule has 0 unspecified atom stereocenters. The first-order valence-corrected chi connectivity index (χ1v) is 12.7. The van der Waals surface area contributed by atoms with Crippen LogP contribution in [0.5, 0.6) is 0 Å². The maximum absolute atomic E-state index is 13.6. The summed E-state index contributed by atoms with van der Waals surface area (Å²) in [5.41, 5.74) is -0.989. The molecular weight excluding hydrogens is 445 g/mol. The van der Waals surface area contributed by atoms with Crippen LogP contribution < -0.4 is 0 Å². The molecule has 3 saturated heterocycles. The van der Waals surface area contributed by atoms with E-state index in [0.717, 1.165) is 50.9 Å². The van der Waals surface area contributed by atoms with Crippen LogP contribution >= 0.6 is 0 Å². The Labute approximate surface area is 186 Å². The molecule has 4 atom stereocenters. The number of sulfonamides is 1. The van der Waals surface area contributed by atoms with Crippen molar-refractivity contribution in [3.05, 3.63) is 29.8 Å². The molecule has 4 rings (SSSR count). The Kier molecular flexibility index (Phi) is 6.57. The third-order valence-electron chi connectivity index (χ3n) is 7.28. The molecule has 6 nitrogen and oxygen atoms in total. The third kappa shape index (κ3) is 4.54. The summed E-state index contributed by atoms with van der Waals surface area (Å²) in [4.78, 5) is 13.2. The highest BCUT2D eigenvalue weighted by Crippen LogP contribution is 2.45. The topological polar surface area (TPSA) is 77.9 Å². The molecule has 1 aromatic carbocycles. The number of piperidine rings is 3. The van der Waals surface area contributed by atoms with Gasteiger partial charge in [-0.25, -0.2) is 8.42 Å². The van der Waals surface area contributed by atoms with E-state index in [2.05, 4.69) is 4.90 Å². The minimum atomic E-state index is -4.63. The van der Waals surface area contributed by atoms with Crippen molar-refractivity contribution >= 4 is 16.0 Å². The molecule has 1 aromatic rings. The molecule has 0 bridgehead atoms. The van der Waals surface area contributed by atoms with Crippen molar-refractivity contribution in [3.63, 3.8) is 0 Å². The Morgan fingerprint density at radius 1 is 1.16 bits per heavy atom. The number of aliphatic carboxylic acids is 1. The highest BCUT2D eigenvalue weighted by Gasteiger charge is 2.51. The Hall–Kier alpha value is -1.65. The van der Waals surface area contributed by atoms with E-state index in [9.17, 15) is 26.4 Å². The molecule has 0 aromatic heterocycles. The van der Waals surface area contributed by atoms with Crippen LogP contribution in [0.3, 0.4) is 0 Å². The smallest absolute Gasteiger partial charge is 0.416 e. The van der Waals surface area contributed by atoms with E-state index in [-0.39, 0.29) is 35.7 Å². The van der Waals surface area contributed by atoms with Gasteiger partial charge in [-0.15, -0.1) is 0 Å². The van der Waals surface area contributed by atoms with Crippen LogP contribution in [0.25, 0.3) is 0 Å². The third-order valence-corrected chi connectivity index (χ3v) is 9.17. The molecule has 0 amide bonds. The minimum absolute atomic E-state index is 0.0571. The summed E-state index contributed by atoms with van der Waals surface area (Å²) in [6.45, 7) is 2.24. The van der Waals surface area contributed by atoms with Crippen LogP contribution in [-0.2, 0) is 21.0 Å². The van der Waals surface area contributed by atoms with Gasteiger partial charge < -0.3 is 5.11 Å². The highest BCUT2D eigenvalue weighted by molar-refractivity contribution is 7.89. The van der Waals surface area contributed by atoms with Crippen molar-refractivity contribution in [3.8, 4) is 0 Å². The first kappa shape index (κ1) is 23.5. The van der Waals surface area contributed by atoms with Gasteiger partial charge in [0.1, 0.15) is 0 Å². The lowest BCUT2D eigenvalue weighted by Crippen LogP contribution is -2.65. The van der Waals surface area contributed by atoms with E-state index in [0.29, 0.717) is 18.9 Å². The number of rotatable bonds is 6. The van der Waals surface area contributed by atoms with Gasteiger partial charge in [-0.2, -0.15) is 17.5 Å². The molecule has 0 radical (unpaired) electrons. The fourth-order valence-corrected chi connectivity index (χ4v) is 7.82. The maximum atomic E-state index is 13.6. The number of halogens is 3. The number of benzene rings is 1. The fourth-order valence-electron chi connectivity index (χ4n) is 6.02. The summed E-state index contributed by atoms with van der Waals surface area (Å²) in [5.74, 6) is -0.726. The van der Waals surface area contributed by atoms with Gasteiger partial charge in [0.05, 0.1) is 10.5 Å². The molecule has 3 heterocycles. The summed E-state index contributed by atoms with van der Waals surface area (Å²) in [5, 5.41) is 9.07. The standard InChI is InChI=1S/C22H29F3N2O4S/c23-22(24,25)16-6-1-7-17(13-16)32(30,31)27-14-15-5-3-11-26-12-4-8-18(21(15)26)19(27)9-2-10-20(28)29/h1,6-7,13,15,18-19,21H,2-5,8-12,14H2,(H,28,29)/t15-,18-,19-,21+/m1/s1. The zero-order chi connectivity index (χ0) is 23.1. The second kappa shape index (κ2) is 8.95. The zero-order valence-corrected chi connectivity index (χ0v) is 18.6. The van der Waals surface area contributed by atoms with Gasteiger partial charge in [0, 0.05) is 25.0 Å². The lowest BCUT2D eigenvalue weighted by atomic mass is 9.70. The number of carboxylic acid groups (broad SMARTS) is 1. The summed E-state index contributed by atoms with van der Waals surface area (Å²) in [6, 6.07) is 3.79. The first-order valence-electron chi connectivity index (χ1n) is 11.2. The number of hydrogen-bond acceptors (Lipinski definition) is 4. The Morgan fingerprint density at radius 3 is 2.56 bits per heavy atom. The summed E-state index contributed by atoms with van der Waals surface area (Å²) < 4.78 is 68.4. The van der Waals surface area contributed by atoms with Gasteiger partial charge in [-0.1, -0.05) is 6.07 Å². The Morgan fingerprint density at radius 2 is 1.88 bits per heavy atom. The quantitative estimate of drug-likeness (QED) is 0.678. The molecule has 178 valence electrons. The van der Waals surface area contributed by atoms with Crippen molar-refractivity contribution in [2.24, 2.45) is 11.8 Å². The largest absolute Gasteiger partial charge is 0.481 e. The normalized spacial score (nSPS) is 29.5. The van der Waals surface area contributed by atoms with Gasteiger partial charge in [0.2, 0.25) is 10.0 Å². The van der Waals surface area contributed by atoms with Crippen LogP contribution in [0.2, 0.25) is 0 Å². The maximum Gasteiger partial charge on any atom is 0.416 e. The summed E-state index contributed by atoms with van der Waals surface area (Å²) in [6.07, 6.45) is -0.284. The molecule has 32 heavy (non-hydrogen) atoms. The number of hydrogen-bond donors (Lipinski definition) is 1. The van der Waals surface area contributed by atoms with Crippen molar-refractivity contribution in [2.75, 3.05) is 19.6 Å². The van der Waals surface area contributed by atoms with E-state index < -0.39 is 33.8 Å². The van der Waals surface area contributed by atoms with Crippen molar-refractivity contribution < 1.29 is 31.5 Å². The molecule has 10 heteroatoms. The Balaban J connectivity index is 1.70. The van der Waals surface area contributed by atoms with E-state index in [1.807, 2.05) is 0 Å². The van der Waals surface area contributed by atoms with Gasteiger partial charge >= 0.3 is 12.1 Å². The second-order valence-electron chi connectivity index (χ2n) is 9.19. The lowest BCUT2D eigenvalue weighted by molar-refractivity contribution is -0.138. The van der Waals surface area contributed by atoms with Crippen LogP contribution in [0.4, 0.5) is 13.2 Å². The van der Waals surface area contributed by atoms with E-state index in [4.69, 9.17) is 5.11 Å². The summed E-state index contributed by atoms with van der Waals surface area (Å²) in [7, 11) is -4.16. The fraction of sp³-hybridized carbons (Fsp3) is 0.682. The molecule has 3 aliphatic rings. The van der Waals surface area contributed by atoms with Crippen LogP contribution in [0, 0.1) is 11.8 Å². The monoisotopic (exact) mass is 474 g/mol. The molecule has 0 saturated carbocycles.